The van der Waals surface area contributed by atoms with E-state index < -0.39 is 0 Å². The Morgan fingerprint density at radius 3 is 2.72 bits per heavy atom. The maximum atomic E-state index is 6.13. The van der Waals surface area contributed by atoms with Crippen LogP contribution in [0.25, 0.3) is 0 Å². The van der Waals surface area contributed by atoms with E-state index in [0.717, 1.165) is 12.5 Å². The molecule has 1 atom stereocenters. The summed E-state index contributed by atoms with van der Waals surface area (Å²) in [5.74, 6) is 0.815. The molecule has 2 aliphatic heterocycles. The van der Waals surface area contributed by atoms with E-state index in [9.17, 15) is 0 Å². The molecule has 4 nitrogen and oxygen atoms in total. The van der Waals surface area contributed by atoms with Gasteiger partial charge in [0, 0.05) is 18.6 Å². The van der Waals surface area contributed by atoms with Crippen LogP contribution in [0.5, 0.6) is 0 Å². The van der Waals surface area contributed by atoms with E-state index in [4.69, 9.17) is 5.73 Å². The van der Waals surface area contributed by atoms with Crippen LogP contribution in [0.1, 0.15) is 46.0 Å². The van der Waals surface area contributed by atoms with E-state index in [2.05, 4.69) is 28.6 Å². The highest BCUT2D eigenvalue weighted by molar-refractivity contribution is 5.81. The van der Waals surface area contributed by atoms with Crippen molar-refractivity contribution < 1.29 is 0 Å². The van der Waals surface area contributed by atoms with Gasteiger partial charge < -0.3 is 15.5 Å². The standard InChI is InChI=1S/C14H26N4/c1-11(2)17-8-3-6-14(7-9-17)10-16-13(15)18(14)12-4-5-12/h11-12H,3-10H2,1-2H3,(H2,15,16). The summed E-state index contributed by atoms with van der Waals surface area (Å²) in [6, 6.07) is 1.36. The van der Waals surface area contributed by atoms with Crippen molar-refractivity contribution >= 4 is 5.96 Å². The van der Waals surface area contributed by atoms with Gasteiger partial charge in [-0.2, -0.15) is 0 Å². The van der Waals surface area contributed by atoms with Crippen LogP contribution in [0.4, 0.5) is 0 Å². The summed E-state index contributed by atoms with van der Waals surface area (Å²) >= 11 is 0. The van der Waals surface area contributed by atoms with Crippen LogP contribution in [-0.2, 0) is 0 Å². The summed E-state index contributed by atoms with van der Waals surface area (Å²) in [7, 11) is 0. The zero-order valence-electron chi connectivity index (χ0n) is 11.7. The number of hydrogen-bond acceptors (Lipinski definition) is 4. The summed E-state index contributed by atoms with van der Waals surface area (Å²) in [5, 5.41) is 0. The molecule has 1 unspecified atom stereocenters. The number of nitrogens with zero attached hydrogens (tertiary/aromatic N) is 3. The largest absolute Gasteiger partial charge is 0.370 e. The average molecular weight is 250 g/mol. The second kappa shape index (κ2) is 4.41. The molecule has 1 aliphatic carbocycles. The Bertz CT molecular complexity index is 348. The number of guanidine groups is 1. The first-order valence-corrected chi connectivity index (χ1v) is 7.46. The molecular formula is C14H26N4. The smallest absolute Gasteiger partial charge is 0.192 e. The van der Waals surface area contributed by atoms with E-state index in [1.165, 1.54) is 45.2 Å². The highest BCUT2D eigenvalue weighted by Gasteiger charge is 2.48. The van der Waals surface area contributed by atoms with Crippen molar-refractivity contribution in [3.8, 4) is 0 Å². The third kappa shape index (κ3) is 2.00. The van der Waals surface area contributed by atoms with Crippen LogP contribution in [0.2, 0.25) is 0 Å². The Balaban J connectivity index is 1.75. The number of rotatable bonds is 2. The van der Waals surface area contributed by atoms with E-state index in [1.807, 2.05) is 0 Å². The summed E-state index contributed by atoms with van der Waals surface area (Å²) in [6.45, 7) is 7.97. The Kier molecular flexibility index (Phi) is 3.00. The average Bonchev–Trinajstić information content (AvgIpc) is 3.11. The molecule has 1 spiro atoms. The molecule has 2 fully saturated rings. The van der Waals surface area contributed by atoms with Gasteiger partial charge in [-0.05, 0) is 52.5 Å². The van der Waals surface area contributed by atoms with E-state index in [-0.39, 0.29) is 5.54 Å². The molecule has 0 bridgehead atoms. The maximum Gasteiger partial charge on any atom is 0.192 e. The van der Waals surface area contributed by atoms with Gasteiger partial charge in [-0.3, -0.25) is 4.99 Å². The van der Waals surface area contributed by atoms with Gasteiger partial charge in [0.25, 0.3) is 0 Å². The highest BCUT2D eigenvalue weighted by Crippen LogP contribution is 2.41. The SMILES string of the molecule is CC(C)N1CCCC2(CC1)CN=C(N)N2C1CC1. The van der Waals surface area contributed by atoms with Crippen molar-refractivity contribution in [2.45, 2.75) is 63.6 Å². The number of nitrogens with two attached hydrogens (primary N) is 1. The zero-order chi connectivity index (χ0) is 12.8. The third-order valence-corrected chi connectivity index (χ3v) is 4.89. The van der Waals surface area contributed by atoms with E-state index in [1.54, 1.807) is 0 Å². The molecule has 1 saturated carbocycles. The second-order valence-electron chi connectivity index (χ2n) is 6.48. The van der Waals surface area contributed by atoms with Gasteiger partial charge in [-0.15, -0.1) is 0 Å². The Hall–Kier alpha value is -0.770. The topological polar surface area (TPSA) is 44.9 Å². The fraction of sp³-hybridized carbons (Fsp3) is 0.929. The molecule has 102 valence electrons. The first-order valence-electron chi connectivity index (χ1n) is 7.46. The van der Waals surface area contributed by atoms with Gasteiger partial charge >= 0.3 is 0 Å². The van der Waals surface area contributed by atoms with Crippen LogP contribution in [0, 0.1) is 0 Å². The van der Waals surface area contributed by atoms with Crippen LogP contribution in [0.3, 0.4) is 0 Å². The second-order valence-corrected chi connectivity index (χ2v) is 6.48. The minimum Gasteiger partial charge on any atom is -0.370 e. The highest BCUT2D eigenvalue weighted by atomic mass is 15.4. The number of hydrogen-bond donors (Lipinski definition) is 1. The lowest BCUT2D eigenvalue weighted by Crippen LogP contribution is -2.53. The normalized spacial score (nSPS) is 34.2. The van der Waals surface area contributed by atoms with Gasteiger partial charge in [-0.25, -0.2) is 0 Å². The lowest BCUT2D eigenvalue weighted by molar-refractivity contribution is 0.159. The van der Waals surface area contributed by atoms with Crippen LogP contribution in [-0.4, -0.2) is 53.0 Å². The number of likely N-dealkylation sites (tertiary alicyclic amines) is 1. The van der Waals surface area contributed by atoms with Crippen molar-refractivity contribution in [1.82, 2.24) is 9.80 Å². The molecule has 3 aliphatic rings. The van der Waals surface area contributed by atoms with Crippen molar-refractivity contribution in [1.29, 1.82) is 0 Å². The Labute approximate surface area is 110 Å². The van der Waals surface area contributed by atoms with Crippen LogP contribution >= 0.6 is 0 Å². The van der Waals surface area contributed by atoms with Crippen molar-refractivity contribution in [3.05, 3.63) is 0 Å². The monoisotopic (exact) mass is 250 g/mol. The lowest BCUT2D eigenvalue weighted by atomic mass is 9.89. The van der Waals surface area contributed by atoms with Crippen LogP contribution < -0.4 is 5.73 Å². The Morgan fingerprint density at radius 1 is 1.28 bits per heavy atom. The predicted octanol–water partition coefficient (Wildman–Crippen LogP) is 1.41. The van der Waals surface area contributed by atoms with E-state index in [0.29, 0.717) is 12.1 Å². The van der Waals surface area contributed by atoms with Crippen LogP contribution in [0.15, 0.2) is 4.99 Å². The molecular weight excluding hydrogens is 224 g/mol. The summed E-state index contributed by atoms with van der Waals surface area (Å²) in [5.41, 5.74) is 6.39. The summed E-state index contributed by atoms with van der Waals surface area (Å²) in [6.07, 6.45) is 6.39. The van der Waals surface area contributed by atoms with Gasteiger partial charge in [0.15, 0.2) is 5.96 Å². The molecule has 2 heterocycles. The predicted molar refractivity (Wildman–Crippen MR) is 74.6 cm³/mol. The summed E-state index contributed by atoms with van der Waals surface area (Å²) < 4.78 is 0. The molecule has 18 heavy (non-hydrogen) atoms. The third-order valence-electron chi connectivity index (χ3n) is 4.89. The van der Waals surface area contributed by atoms with Crippen molar-refractivity contribution in [3.63, 3.8) is 0 Å². The first kappa shape index (κ1) is 12.3. The molecule has 0 radical (unpaired) electrons. The molecule has 0 aromatic heterocycles. The fourth-order valence-corrected chi connectivity index (χ4v) is 3.65. The maximum absolute atomic E-state index is 6.13. The molecule has 0 aromatic carbocycles. The minimum atomic E-state index is 0.259. The summed E-state index contributed by atoms with van der Waals surface area (Å²) in [4.78, 5) is 9.66. The molecule has 0 amide bonds. The van der Waals surface area contributed by atoms with Gasteiger partial charge in [-0.1, -0.05) is 0 Å². The number of aliphatic imine (C=N–C) groups is 1. The van der Waals surface area contributed by atoms with Crippen molar-refractivity contribution in [2.75, 3.05) is 19.6 Å². The molecule has 2 N–H and O–H groups in total. The molecule has 1 saturated heterocycles. The molecule has 4 heteroatoms. The molecule has 0 aromatic rings. The molecule has 3 rings (SSSR count). The fourth-order valence-electron chi connectivity index (χ4n) is 3.65. The van der Waals surface area contributed by atoms with E-state index >= 15 is 0 Å². The quantitative estimate of drug-likeness (QED) is 0.806. The zero-order valence-corrected chi connectivity index (χ0v) is 11.7. The first-order chi connectivity index (χ1) is 8.62. The van der Waals surface area contributed by atoms with Gasteiger partial charge in [0.2, 0.25) is 0 Å². The minimum absolute atomic E-state index is 0.259. The van der Waals surface area contributed by atoms with Gasteiger partial charge in [0.05, 0.1) is 12.1 Å². The van der Waals surface area contributed by atoms with Gasteiger partial charge in [0.1, 0.15) is 0 Å². The van der Waals surface area contributed by atoms with Crippen molar-refractivity contribution in [2.24, 2.45) is 10.7 Å². The lowest BCUT2D eigenvalue weighted by Gasteiger charge is -2.39. The Morgan fingerprint density at radius 2 is 2.06 bits per heavy atom.